The number of ether oxygens (including phenoxy) is 2. The fourth-order valence-electron chi connectivity index (χ4n) is 6.25. The van der Waals surface area contributed by atoms with Crippen LogP contribution in [0.1, 0.15) is 162 Å². The molecule has 6 heteroatoms. The third kappa shape index (κ3) is 16.6. The van der Waals surface area contributed by atoms with E-state index in [1.54, 1.807) is 0 Å². The molecule has 0 unspecified atom stereocenters. The summed E-state index contributed by atoms with van der Waals surface area (Å²) in [5.41, 5.74) is 0.705. The van der Waals surface area contributed by atoms with Gasteiger partial charge in [-0.3, -0.25) is 0 Å². The maximum Gasteiger partial charge on any atom is 0.334 e. The first kappa shape index (κ1) is 37.0. The van der Waals surface area contributed by atoms with E-state index in [2.05, 4.69) is 19.1 Å². The molecule has 2 aliphatic rings. The van der Waals surface area contributed by atoms with Crippen molar-refractivity contribution in [2.75, 3.05) is 0 Å². The Kier molecular flexibility index (Phi) is 20.4. The lowest BCUT2D eigenvalue weighted by Gasteiger charge is -2.22. The second-order valence-electron chi connectivity index (χ2n) is 12.9. The molecule has 0 amide bonds. The van der Waals surface area contributed by atoms with E-state index in [-0.39, 0.29) is 30.4 Å². The average Bonchev–Trinajstić information content (AvgIpc) is 3.59. The zero-order valence-corrected chi connectivity index (χ0v) is 27.0. The summed E-state index contributed by atoms with van der Waals surface area (Å²) in [4.78, 5) is 11.6. The summed E-state index contributed by atoms with van der Waals surface area (Å²) < 4.78 is 11.2. The molecule has 1 saturated heterocycles. The van der Waals surface area contributed by atoms with Crippen LogP contribution in [0, 0.1) is 0 Å². The van der Waals surface area contributed by atoms with Crippen molar-refractivity contribution in [3.63, 3.8) is 0 Å². The number of aliphatic hydroxyl groups is 3. The second-order valence-corrected chi connectivity index (χ2v) is 12.9. The third-order valence-electron chi connectivity index (χ3n) is 8.99. The van der Waals surface area contributed by atoms with Crippen molar-refractivity contribution in [3.05, 3.63) is 23.8 Å². The number of rotatable bonds is 26. The smallest absolute Gasteiger partial charge is 0.334 e. The number of carbonyl (C=O) groups excluding carboxylic acids is 1. The molecule has 2 rings (SSSR count). The summed E-state index contributed by atoms with van der Waals surface area (Å²) in [6.45, 7) is 4.11. The van der Waals surface area contributed by atoms with Crippen LogP contribution in [-0.2, 0) is 14.3 Å². The van der Waals surface area contributed by atoms with Crippen LogP contribution in [0.4, 0.5) is 0 Å². The molecule has 3 N–H and O–H groups in total. The Bertz CT molecular complexity index is 749. The fraction of sp³-hybridized carbons (Fsp3) is 0.861. The summed E-state index contributed by atoms with van der Waals surface area (Å²) in [6.07, 6.45) is 29.1. The Morgan fingerprint density at radius 1 is 0.738 bits per heavy atom. The highest BCUT2D eigenvalue weighted by Gasteiger charge is 2.33. The van der Waals surface area contributed by atoms with Crippen molar-refractivity contribution in [1.82, 2.24) is 0 Å². The standard InChI is InChI=1S/C36H64O6/c1-3-4-5-6-7-8-9-10-13-16-19-22-32(38)34-26-27-35(42-34)33(39)23-20-17-14-11-12-15-18-21-31(37)25-24-30-28-29(2)41-36(30)40/h13,16,28-29,31-35,37-39H,3-12,14-15,17-27H2,1-2H3/b16-13+/t29-,31+,32+,33+,34+,35+/m0/s1. The van der Waals surface area contributed by atoms with Gasteiger partial charge in [-0.1, -0.05) is 103 Å². The van der Waals surface area contributed by atoms with E-state index >= 15 is 0 Å². The lowest BCUT2D eigenvalue weighted by molar-refractivity contribution is -0.139. The van der Waals surface area contributed by atoms with Crippen LogP contribution in [0.15, 0.2) is 23.8 Å². The van der Waals surface area contributed by atoms with E-state index in [0.29, 0.717) is 18.4 Å². The number of aliphatic hydroxyl groups excluding tert-OH is 3. The quantitative estimate of drug-likeness (QED) is 0.0532. The lowest BCUT2D eigenvalue weighted by atomic mass is 10.00. The van der Waals surface area contributed by atoms with Crippen LogP contribution in [0.25, 0.3) is 0 Å². The average molecular weight is 593 g/mol. The molecule has 1 fully saturated rings. The summed E-state index contributed by atoms with van der Waals surface area (Å²) in [5, 5.41) is 31.4. The van der Waals surface area contributed by atoms with Crippen LogP contribution in [-0.4, -0.2) is 57.9 Å². The van der Waals surface area contributed by atoms with E-state index in [0.717, 1.165) is 70.6 Å². The molecule has 0 spiro atoms. The molecule has 0 aromatic heterocycles. The van der Waals surface area contributed by atoms with Gasteiger partial charge in [0.1, 0.15) is 6.10 Å². The van der Waals surface area contributed by atoms with E-state index in [1.807, 2.05) is 13.0 Å². The van der Waals surface area contributed by atoms with E-state index < -0.39 is 12.2 Å². The molecule has 0 bridgehead atoms. The minimum Gasteiger partial charge on any atom is -0.455 e. The van der Waals surface area contributed by atoms with Gasteiger partial charge in [0.15, 0.2) is 0 Å². The lowest BCUT2D eigenvalue weighted by Crippen LogP contribution is -2.30. The molecule has 0 saturated carbocycles. The fourth-order valence-corrected chi connectivity index (χ4v) is 6.25. The van der Waals surface area contributed by atoms with Crippen LogP contribution in [0.3, 0.4) is 0 Å². The van der Waals surface area contributed by atoms with Crippen LogP contribution < -0.4 is 0 Å². The summed E-state index contributed by atoms with van der Waals surface area (Å²) >= 11 is 0. The zero-order chi connectivity index (χ0) is 30.4. The van der Waals surface area contributed by atoms with Gasteiger partial charge in [-0.25, -0.2) is 4.79 Å². The maximum atomic E-state index is 11.6. The van der Waals surface area contributed by atoms with Crippen LogP contribution in [0.2, 0.25) is 0 Å². The van der Waals surface area contributed by atoms with Gasteiger partial charge >= 0.3 is 5.97 Å². The van der Waals surface area contributed by atoms with Crippen molar-refractivity contribution in [2.45, 2.75) is 198 Å². The normalized spacial score (nSPS) is 22.9. The molecule has 0 aliphatic carbocycles. The Hall–Kier alpha value is -1.21. The Balaban J connectivity index is 1.39. The predicted octanol–water partition coefficient (Wildman–Crippen LogP) is 8.26. The summed E-state index contributed by atoms with van der Waals surface area (Å²) in [5.74, 6) is -0.233. The molecule has 6 atom stereocenters. The van der Waals surface area contributed by atoms with Crippen LogP contribution >= 0.6 is 0 Å². The molecule has 0 aromatic rings. The molecule has 42 heavy (non-hydrogen) atoms. The van der Waals surface area contributed by atoms with Crippen molar-refractivity contribution >= 4 is 5.97 Å². The van der Waals surface area contributed by atoms with Gasteiger partial charge in [0, 0.05) is 5.57 Å². The minimum absolute atomic E-state index is 0.136. The number of esters is 1. The second kappa shape index (κ2) is 23.2. The SMILES string of the molecule is CCCCCCCCC/C=C/CC[C@@H](O)[C@H]1CC[C@H]([C@H](O)CCCCCCCCC[C@@H](O)CCC2=C[C@H](C)OC2=O)O1. The third-order valence-corrected chi connectivity index (χ3v) is 8.99. The highest BCUT2D eigenvalue weighted by Crippen LogP contribution is 2.28. The number of allylic oxidation sites excluding steroid dienone is 2. The number of hydrogen-bond donors (Lipinski definition) is 3. The molecule has 244 valence electrons. The molecule has 6 nitrogen and oxygen atoms in total. The number of hydrogen-bond acceptors (Lipinski definition) is 6. The van der Waals surface area contributed by atoms with Crippen LogP contribution in [0.5, 0.6) is 0 Å². The van der Waals surface area contributed by atoms with E-state index in [4.69, 9.17) is 9.47 Å². The minimum atomic E-state index is -0.446. The van der Waals surface area contributed by atoms with Gasteiger partial charge in [-0.15, -0.1) is 0 Å². The Morgan fingerprint density at radius 2 is 1.29 bits per heavy atom. The number of cyclic esters (lactones) is 1. The number of unbranched alkanes of at least 4 members (excludes halogenated alkanes) is 13. The highest BCUT2D eigenvalue weighted by atomic mass is 16.5. The van der Waals surface area contributed by atoms with Gasteiger partial charge in [-0.05, 0) is 77.2 Å². The van der Waals surface area contributed by atoms with E-state index in [1.165, 1.54) is 64.2 Å². The van der Waals surface area contributed by atoms with Gasteiger partial charge in [-0.2, -0.15) is 0 Å². The van der Waals surface area contributed by atoms with Gasteiger partial charge in [0.05, 0.1) is 30.5 Å². The predicted molar refractivity (Wildman–Crippen MR) is 171 cm³/mol. The highest BCUT2D eigenvalue weighted by molar-refractivity contribution is 5.90. The summed E-state index contributed by atoms with van der Waals surface area (Å²) in [7, 11) is 0. The Labute approximate surface area is 257 Å². The largest absolute Gasteiger partial charge is 0.455 e. The number of carbonyl (C=O) groups is 1. The van der Waals surface area contributed by atoms with Gasteiger partial charge in [0.2, 0.25) is 0 Å². The molecule has 0 aromatic carbocycles. The first-order valence-electron chi connectivity index (χ1n) is 17.7. The molecule has 0 radical (unpaired) electrons. The summed E-state index contributed by atoms with van der Waals surface area (Å²) in [6, 6.07) is 0. The molecule has 2 aliphatic heterocycles. The van der Waals surface area contributed by atoms with Gasteiger partial charge in [0.25, 0.3) is 0 Å². The molecular weight excluding hydrogens is 528 g/mol. The first-order chi connectivity index (χ1) is 20.4. The molecule has 2 heterocycles. The zero-order valence-electron chi connectivity index (χ0n) is 27.0. The molecular formula is C36H64O6. The monoisotopic (exact) mass is 592 g/mol. The van der Waals surface area contributed by atoms with Crippen molar-refractivity contribution in [2.24, 2.45) is 0 Å². The first-order valence-corrected chi connectivity index (χ1v) is 17.7. The van der Waals surface area contributed by atoms with Crippen molar-refractivity contribution in [3.8, 4) is 0 Å². The topological polar surface area (TPSA) is 96.2 Å². The van der Waals surface area contributed by atoms with Gasteiger partial charge < -0.3 is 24.8 Å². The van der Waals surface area contributed by atoms with E-state index in [9.17, 15) is 20.1 Å². The maximum absolute atomic E-state index is 11.6. The Morgan fingerprint density at radius 3 is 1.90 bits per heavy atom. The van der Waals surface area contributed by atoms with Crippen molar-refractivity contribution < 1.29 is 29.6 Å². The van der Waals surface area contributed by atoms with Crippen molar-refractivity contribution in [1.29, 1.82) is 0 Å².